The van der Waals surface area contributed by atoms with Crippen LogP contribution in [0.15, 0.2) is 6.20 Å². The Labute approximate surface area is 117 Å². The standard InChI is InChI=1S/C12H19N5OS/c1-13-11-9-7-14-17(2)12(9)16-10(15-11)8-19-6-4-5-18-3/h7H,4-6,8H2,1-3H3,(H,13,15,16). The Kier molecular flexibility index (Phi) is 4.98. The summed E-state index contributed by atoms with van der Waals surface area (Å²) in [5.74, 6) is 3.53. The highest BCUT2D eigenvalue weighted by atomic mass is 32.2. The van der Waals surface area contributed by atoms with Gasteiger partial charge in [0.15, 0.2) is 5.65 Å². The normalized spacial score (nSPS) is 11.1. The molecule has 0 aliphatic rings. The fourth-order valence-electron chi connectivity index (χ4n) is 1.79. The highest BCUT2D eigenvalue weighted by molar-refractivity contribution is 7.98. The summed E-state index contributed by atoms with van der Waals surface area (Å²) in [5, 5.41) is 8.27. The summed E-state index contributed by atoms with van der Waals surface area (Å²) in [5.41, 5.74) is 0.867. The van der Waals surface area contributed by atoms with Gasteiger partial charge >= 0.3 is 0 Å². The number of hydrogen-bond acceptors (Lipinski definition) is 6. The Bertz CT molecular complexity index is 542. The van der Waals surface area contributed by atoms with E-state index in [-0.39, 0.29) is 0 Å². The molecular weight excluding hydrogens is 262 g/mol. The number of nitrogens with one attached hydrogen (secondary N) is 1. The van der Waals surface area contributed by atoms with Crippen LogP contribution in [0, 0.1) is 0 Å². The molecule has 19 heavy (non-hydrogen) atoms. The van der Waals surface area contributed by atoms with Gasteiger partial charge in [0, 0.05) is 27.8 Å². The minimum Gasteiger partial charge on any atom is -0.385 e. The minimum atomic E-state index is 0.802. The van der Waals surface area contributed by atoms with Crippen molar-refractivity contribution in [2.24, 2.45) is 7.05 Å². The third kappa shape index (κ3) is 3.36. The second kappa shape index (κ2) is 6.72. The lowest BCUT2D eigenvalue weighted by Crippen LogP contribution is -2.02. The summed E-state index contributed by atoms with van der Waals surface area (Å²) in [6.07, 6.45) is 2.84. The number of hydrogen-bond donors (Lipinski definition) is 1. The predicted octanol–water partition coefficient (Wildman–Crippen LogP) is 1.67. The van der Waals surface area contributed by atoms with Crippen LogP contribution in [0.3, 0.4) is 0 Å². The van der Waals surface area contributed by atoms with E-state index in [1.165, 1.54) is 0 Å². The molecule has 0 amide bonds. The Morgan fingerprint density at radius 2 is 2.26 bits per heavy atom. The maximum absolute atomic E-state index is 5.03. The van der Waals surface area contributed by atoms with Gasteiger partial charge < -0.3 is 10.1 Å². The van der Waals surface area contributed by atoms with Crippen molar-refractivity contribution in [2.75, 3.05) is 31.8 Å². The molecule has 0 aliphatic heterocycles. The molecule has 0 unspecified atom stereocenters. The minimum absolute atomic E-state index is 0.802. The Hall–Kier alpha value is -1.34. The third-order valence-electron chi connectivity index (χ3n) is 2.74. The fourth-order valence-corrected chi connectivity index (χ4v) is 2.57. The summed E-state index contributed by atoms with van der Waals surface area (Å²) >= 11 is 1.82. The monoisotopic (exact) mass is 281 g/mol. The van der Waals surface area contributed by atoms with Crippen molar-refractivity contribution >= 4 is 28.6 Å². The number of fused-ring (bicyclic) bond motifs is 1. The molecule has 2 heterocycles. The lowest BCUT2D eigenvalue weighted by Gasteiger charge is -2.05. The van der Waals surface area contributed by atoms with E-state index in [9.17, 15) is 0 Å². The molecule has 0 spiro atoms. The SMILES string of the molecule is CNc1nc(CSCCCOC)nc2c1cnn2C. The molecule has 104 valence electrons. The Morgan fingerprint density at radius 3 is 3.00 bits per heavy atom. The molecule has 6 nitrogen and oxygen atoms in total. The van der Waals surface area contributed by atoms with Gasteiger partial charge in [-0.2, -0.15) is 16.9 Å². The van der Waals surface area contributed by atoms with Gasteiger partial charge in [-0.3, -0.25) is 4.68 Å². The van der Waals surface area contributed by atoms with Crippen LogP contribution in [0.2, 0.25) is 0 Å². The first-order valence-electron chi connectivity index (χ1n) is 6.19. The van der Waals surface area contributed by atoms with Crippen LogP contribution in [0.1, 0.15) is 12.2 Å². The Balaban J connectivity index is 2.08. The topological polar surface area (TPSA) is 64.9 Å². The van der Waals surface area contributed by atoms with Crippen LogP contribution in [-0.2, 0) is 17.5 Å². The smallest absolute Gasteiger partial charge is 0.163 e. The van der Waals surface area contributed by atoms with Crippen molar-refractivity contribution in [3.05, 3.63) is 12.0 Å². The van der Waals surface area contributed by atoms with E-state index in [0.717, 1.165) is 47.2 Å². The molecule has 0 bridgehead atoms. The average Bonchev–Trinajstić information content (AvgIpc) is 2.80. The molecule has 2 aromatic rings. The van der Waals surface area contributed by atoms with Crippen LogP contribution < -0.4 is 5.32 Å². The van der Waals surface area contributed by atoms with Crippen molar-refractivity contribution in [3.63, 3.8) is 0 Å². The molecule has 2 aromatic heterocycles. The van der Waals surface area contributed by atoms with E-state index < -0.39 is 0 Å². The fraction of sp³-hybridized carbons (Fsp3) is 0.583. The maximum atomic E-state index is 5.03. The first-order chi connectivity index (χ1) is 9.26. The van der Waals surface area contributed by atoms with Crippen molar-refractivity contribution in [2.45, 2.75) is 12.2 Å². The van der Waals surface area contributed by atoms with Crippen LogP contribution in [0.25, 0.3) is 11.0 Å². The molecule has 0 saturated carbocycles. The number of anilines is 1. The second-order valence-corrected chi connectivity index (χ2v) is 5.25. The molecule has 0 aromatic carbocycles. The highest BCUT2D eigenvalue weighted by Gasteiger charge is 2.10. The molecule has 0 atom stereocenters. The van der Waals surface area contributed by atoms with Gasteiger partial charge in [0.05, 0.1) is 17.3 Å². The highest BCUT2D eigenvalue weighted by Crippen LogP contribution is 2.20. The van der Waals surface area contributed by atoms with E-state index in [4.69, 9.17) is 4.74 Å². The third-order valence-corrected chi connectivity index (χ3v) is 3.78. The summed E-state index contributed by atoms with van der Waals surface area (Å²) < 4.78 is 6.80. The molecule has 0 radical (unpaired) electrons. The molecule has 7 heteroatoms. The first kappa shape index (κ1) is 14.1. The Morgan fingerprint density at radius 1 is 1.42 bits per heavy atom. The lowest BCUT2D eigenvalue weighted by atomic mass is 10.4. The summed E-state index contributed by atoms with van der Waals surface area (Å²) in [4.78, 5) is 9.08. The summed E-state index contributed by atoms with van der Waals surface area (Å²) in [6, 6.07) is 0. The van der Waals surface area contributed by atoms with E-state index in [1.807, 2.05) is 25.9 Å². The van der Waals surface area contributed by atoms with Gasteiger partial charge in [-0.25, -0.2) is 9.97 Å². The number of methoxy groups -OCH3 is 1. The van der Waals surface area contributed by atoms with E-state index in [1.54, 1.807) is 18.0 Å². The zero-order chi connectivity index (χ0) is 13.7. The molecule has 2 rings (SSSR count). The number of rotatable bonds is 7. The van der Waals surface area contributed by atoms with Crippen molar-refractivity contribution in [1.29, 1.82) is 0 Å². The molecule has 0 saturated heterocycles. The second-order valence-electron chi connectivity index (χ2n) is 4.14. The lowest BCUT2D eigenvalue weighted by molar-refractivity contribution is 0.200. The largest absolute Gasteiger partial charge is 0.385 e. The summed E-state index contributed by atoms with van der Waals surface area (Å²) in [7, 11) is 5.48. The van der Waals surface area contributed by atoms with E-state index >= 15 is 0 Å². The molecule has 0 aliphatic carbocycles. The van der Waals surface area contributed by atoms with Crippen LogP contribution in [0.4, 0.5) is 5.82 Å². The van der Waals surface area contributed by atoms with Crippen molar-refractivity contribution < 1.29 is 4.74 Å². The van der Waals surface area contributed by atoms with Crippen LogP contribution in [0.5, 0.6) is 0 Å². The number of ether oxygens (including phenoxy) is 1. The molecule has 0 fully saturated rings. The molecular formula is C12H19N5OS. The van der Waals surface area contributed by atoms with Crippen molar-refractivity contribution in [1.82, 2.24) is 19.7 Å². The van der Waals surface area contributed by atoms with Crippen LogP contribution in [-0.4, -0.2) is 46.3 Å². The van der Waals surface area contributed by atoms with Gasteiger partial charge in [-0.1, -0.05) is 0 Å². The van der Waals surface area contributed by atoms with Crippen molar-refractivity contribution in [3.8, 4) is 0 Å². The van der Waals surface area contributed by atoms with E-state index in [2.05, 4.69) is 20.4 Å². The zero-order valence-electron chi connectivity index (χ0n) is 11.5. The van der Waals surface area contributed by atoms with Gasteiger partial charge in [0.25, 0.3) is 0 Å². The predicted molar refractivity (Wildman–Crippen MR) is 78.5 cm³/mol. The average molecular weight is 281 g/mol. The zero-order valence-corrected chi connectivity index (χ0v) is 12.3. The summed E-state index contributed by atoms with van der Waals surface area (Å²) in [6.45, 7) is 0.802. The van der Waals surface area contributed by atoms with Gasteiger partial charge in [-0.05, 0) is 12.2 Å². The quantitative estimate of drug-likeness (QED) is 0.779. The molecule has 1 N–H and O–H groups in total. The maximum Gasteiger partial charge on any atom is 0.163 e. The van der Waals surface area contributed by atoms with Gasteiger partial charge in [-0.15, -0.1) is 0 Å². The number of nitrogens with zero attached hydrogens (tertiary/aromatic N) is 4. The number of thioether (sulfide) groups is 1. The number of aryl methyl sites for hydroxylation is 1. The van der Waals surface area contributed by atoms with E-state index in [0.29, 0.717) is 0 Å². The number of aromatic nitrogens is 4. The van der Waals surface area contributed by atoms with Gasteiger partial charge in [0.1, 0.15) is 11.6 Å². The van der Waals surface area contributed by atoms with Crippen LogP contribution >= 0.6 is 11.8 Å². The first-order valence-corrected chi connectivity index (χ1v) is 7.34. The van der Waals surface area contributed by atoms with Gasteiger partial charge in [0.2, 0.25) is 0 Å².